The molecule has 1 aromatic heterocycles. The van der Waals surface area contributed by atoms with Gasteiger partial charge in [-0.05, 0) is 31.2 Å². The Balaban J connectivity index is 2.25. The van der Waals surface area contributed by atoms with Crippen molar-refractivity contribution >= 4 is 11.6 Å². The van der Waals surface area contributed by atoms with Crippen LogP contribution in [-0.2, 0) is 0 Å². The maximum atomic E-state index is 11.0. The van der Waals surface area contributed by atoms with Gasteiger partial charge in [0.05, 0.1) is 11.4 Å². The zero-order chi connectivity index (χ0) is 13.1. The highest BCUT2D eigenvalue weighted by Crippen LogP contribution is 2.22. The van der Waals surface area contributed by atoms with Crippen LogP contribution in [0.25, 0.3) is 0 Å². The zero-order valence-corrected chi connectivity index (χ0v) is 9.88. The van der Waals surface area contributed by atoms with Crippen LogP contribution < -0.4 is 16.2 Å². The largest absolute Gasteiger partial charge is 0.439 e. The highest BCUT2D eigenvalue weighted by molar-refractivity contribution is 5.93. The van der Waals surface area contributed by atoms with Gasteiger partial charge in [-0.3, -0.25) is 4.79 Å². The molecule has 5 heteroatoms. The summed E-state index contributed by atoms with van der Waals surface area (Å²) in [5, 5.41) is 0. The predicted molar refractivity (Wildman–Crippen MR) is 68.4 cm³/mol. The highest BCUT2D eigenvalue weighted by atomic mass is 16.5. The first-order valence-corrected chi connectivity index (χ1v) is 5.37. The lowest BCUT2D eigenvalue weighted by Gasteiger charge is -2.07. The molecule has 0 aliphatic heterocycles. The topological polar surface area (TPSA) is 91.2 Å². The third kappa shape index (κ3) is 2.57. The van der Waals surface area contributed by atoms with E-state index < -0.39 is 5.91 Å². The second-order valence-corrected chi connectivity index (χ2v) is 3.82. The third-order valence-electron chi connectivity index (χ3n) is 2.44. The Kier molecular flexibility index (Phi) is 3.14. The van der Waals surface area contributed by atoms with Crippen molar-refractivity contribution in [2.75, 3.05) is 5.73 Å². The first-order valence-electron chi connectivity index (χ1n) is 5.37. The van der Waals surface area contributed by atoms with Gasteiger partial charge in [-0.1, -0.05) is 6.07 Å². The number of primary amides is 1. The number of anilines is 1. The summed E-state index contributed by atoms with van der Waals surface area (Å²) in [7, 11) is 0. The Morgan fingerprint density at radius 2 is 2.06 bits per heavy atom. The molecule has 0 fully saturated rings. The molecular formula is C13H13N3O2. The standard InChI is InChI=1S/C13H13N3O2/c1-8-11(14)5-6-12(16-8)18-10-4-2-3-9(7-10)13(15)17/h2-7H,14H2,1H3,(H2,15,17). The Labute approximate surface area is 104 Å². The lowest BCUT2D eigenvalue weighted by molar-refractivity contribution is 0.1000. The molecular weight excluding hydrogens is 230 g/mol. The van der Waals surface area contributed by atoms with E-state index in [1.165, 1.54) is 0 Å². The minimum atomic E-state index is -0.498. The molecule has 0 spiro atoms. The van der Waals surface area contributed by atoms with Crippen molar-refractivity contribution in [1.29, 1.82) is 0 Å². The summed E-state index contributed by atoms with van der Waals surface area (Å²) in [5.74, 6) is 0.424. The number of ether oxygens (including phenoxy) is 1. The van der Waals surface area contributed by atoms with Crippen LogP contribution in [0.2, 0.25) is 0 Å². The number of rotatable bonds is 3. The van der Waals surface area contributed by atoms with Crippen LogP contribution in [0, 0.1) is 6.92 Å². The van der Waals surface area contributed by atoms with Gasteiger partial charge in [-0.15, -0.1) is 0 Å². The normalized spacial score (nSPS) is 10.1. The molecule has 1 aromatic carbocycles. The zero-order valence-electron chi connectivity index (χ0n) is 9.88. The van der Waals surface area contributed by atoms with E-state index in [0.29, 0.717) is 28.6 Å². The number of benzene rings is 1. The monoisotopic (exact) mass is 243 g/mol. The number of pyridine rings is 1. The Bertz CT molecular complexity index is 597. The van der Waals surface area contributed by atoms with Crippen molar-refractivity contribution in [3.8, 4) is 11.6 Å². The van der Waals surface area contributed by atoms with Gasteiger partial charge in [0.2, 0.25) is 11.8 Å². The van der Waals surface area contributed by atoms with Gasteiger partial charge in [0, 0.05) is 11.6 Å². The van der Waals surface area contributed by atoms with E-state index in [9.17, 15) is 4.79 Å². The summed E-state index contributed by atoms with van der Waals surface area (Å²) in [4.78, 5) is 15.2. The second-order valence-electron chi connectivity index (χ2n) is 3.82. The summed E-state index contributed by atoms with van der Waals surface area (Å²) in [6, 6.07) is 9.99. The number of hydrogen-bond acceptors (Lipinski definition) is 4. The number of nitrogens with zero attached hydrogens (tertiary/aromatic N) is 1. The lowest BCUT2D eigenvalue weighted by atomic mass is 10.2. The van der Waals surface area contributed by atoms with E-state index in [1.54, 1.807) is 43.3 Å². The van der Waals surface area contributed by atoms with E-state index >= 15 is 0 Å². The molecule has 0 bridgehead atoms. The minimum Gasteiger partial charge on any atom is -0.439 e. The molecule has 0 radical (unpaired) electrons. The number of aryl methyl sites for hydroxylation is 1. The smallest absolute Gasteiger partial charge is 0.248 e. The molecule has 1 heterocycles. The van der Waals surface area contributed by atoms with Crippen LogP contribution in [0.5, 0.6) is 11.6 Å². The fraction of sp³-hybridized carbons (Fsp3) is 0.0769. The fourth-order valence-corrected chi connectivity index (χ4v) is 1.44. The molecule has 0 unspecified atom stereocenters. The molecule has 2 rings (SSSR count). The van der Waals surface area contributed by atoms with Gasteiger partial charge in [0.1, 0.15) is 5.75 Å². The molecule has 0 saturated heterocycles. The summed E-state index contributed by atoms with van der Waals surface area (Å²) >= 11 is 0. The van der Waals surface area contributed by atoms with Gasteiger partial charge in [0.25, 0.3) is 0 Å². The molecule has 18 heavy (non-hydrogen) atoms. The Morgan fingerprint density at radius 3 is 2.72 bits per heavy atom. The maximum absolute atomic E-state index is 11.0. The molecule has 5 nitrogen and oxygen atoms in total. The summed E-state index contributed by atoms with van der Waals surface area (Å²) in [6.45, 7) is 1.79. The number of carbonyl (C=O) groups is 1. The first-order chi connectivity index (χ1) is 8.56. The molecule has 0 atom stereocenters. The number of carbonyl (C=O) groups excluding carboxylic acids is 1. The first kappa shape index (κ1) is 11.9. The van der Waals surface area contributed by atoms with E-state index in [1.807, 2.05) is 0 Å². The van der Waals surface area contributed by atoms with Crippen molar-refractivity contribution in [3.63, 3.8) is 0 Å². The molecule has 1 amide bonds. The van der Waals surface area contributed by atoms with E-state index in [-0.39, 0.29) is 0 Å². The van der Waals surface area contributed by atoms with Crippen LogP contribution >= 0.6 is 0 Å². The van der Waals surface area contributed by atoms with Crippen LogP contribution in [0.3, 0.4) is 0 Å². The summed E-state index contributed by atoms with van der Waals surface area (Å²) in [6.07, 6.45) is 0. The maximum Gasteiger partial charge on any atom is 0.248 e. The van der Waals surface area contributed by atoms with Crippen LogP contribution in [0.15, 0.2) is 36.4 Å². The van der Waals surface area contributed by atoms with Gasteiger partial charge in [-0.2, -0.15) is 0 Å². The highest BCUT2D eigenvalue weighted by Gasteiger charge is 2.04. The SMILES string of the molecule is Cc1nc(Oc2cccc(C(N)=O)c2)ccc1N. The van der Waals surface area contributed by atoms with Crippen molar-refractivity contribution < 1.29 is 9.53 Å². The lowest BCUT2D eigenvalue weighted by Crippen LogP contribution is -2.10. The quantitative estimate of drug-likeness (QED) is 0.860. The summed E-state index contributed by atoms with van der Waals surface area (Å²) in [5.41, 5.74) is 12.5. The number of amides is 1. The Morgan fingerprint density at radius 1 is 1.28 bits per heavy atom. The van der Waals surface area contributed by atoms with Crippen molar-refractivity contribution in [1.82, 2.24) is 4.98 Å². The number of aromatic nitrogens is 1. The average Bonchev–Trinajstić information content (AvgIpc) is 2.34. The third-order valence-corrected chi connectivity index (χ3v) is 2.44. The van der Waals surface area contributed by atoms with E-state index in [4.69, 9.17) is 16.2 Å². The number of hydrogen-bond donors (Lipinski definition) is 2. The molecule has 0 aliphatic rings. The Hall–Kier alpha value is -2.56. The summed E-state index contributed by atoms with van der Waals surface area (Å²) < 4.78 is 5.53. The molecule has 4 N–H and O–H groups in total. The minimum absolute atomic E-state index is 0.389. The van der Waals surface area contributed by atoms with Gasteiger partial charge in [0.15, 0.2) is 0 Å². The van der Waals surface area contributed by atoms with Crippen molar-refractivity contribution in [2.24, 2.45) is 5.73 Å². The van der Waals surface area contributed by atoms with Crippen molar-refractivity contribution in [2.45, 2.75) is 6.92 Å². The number of nitrogen functional groups attached to an aromatic ring is 1. The average molecular weight is 243 g/mol. The van der Waals surface area contributed by atoms with Crippen molar-refractivity contribution in [3.05, 3.63) is 47.7 Å². The second kappa shape index (κ2) is 4.75. The molecule has 0 aliphatic carbocycles. The van der Waals surface area contributed by atoms with Gasteiger partial charge >= 0.3 is 0 Å². The van der Waals surface area contributed by atoms with Gasteiger partial charge in [-0.25, -0.2) is 4.98 Å². The predicted octanol–water partition coefficient (Wildman–Crippen LogP) is 1.86. The molecule has 0 saturated carbocycles. The molecule has 92 valence electrons. The van der Waals surface area contributed by atoms with Crippen LogP contribution in [0.4, 0.5) is 5.69 Å². The fourth-order valence-electron chi connectivity index (χ4n) is 1.44. The van der Waals surface area contributed by atoms with Crippen LogP contribution in [0.1, 0.15) is 16.1 Å². The number of nitrogens with two attached hydrogens (primary N) is 2. The van der Waals surface area contributed by atoms with Crippen LogP contribution in [-0.4, -0.2) is 10.9 Å². The van der Waals surface area contributed by atoms with E-state index in [2.05, 4.69) is 4.98 Å². The van der Waals surface area contributed by atoms with E-state index in [0.717, 1.165) is 0 Å². The molecule has 2 aromatic rings. The van der Waals surface area contributed by atoms with Gasteiger partial charge < -0.3 is 16.2 Å².